The maximum absolute atomic E-state index is 4.52. The van der Waals surface area contributed by atoms with Crippen LogP contribution in [-0.4, -0.2) is 15.2 Å². The third kappa shape index (κ3) is 2.03. The predicted molar refractivity (Wildman–Crippen MR) is 72.4 cm³/mol. The fourth-order valence-corrected chi connectivity index (χ4v) is 3.13. The molecule has 0 aliphatic heterocycles. The maximum Gasteiger partial charge on any atom is 0.191 e. The molecule has 17 heavy (non-hydrogen) atoms. The van der Waals surface area contributed by atoms with Crippen LogP contribution < -0.4 is 0 Å². The molecule has 3 nitrogen and oxygen atoms in total. The number of rotatable bonds is 3. The van der Waals surface area contributed by atoms with Crippen LogP contribution in [0.25, 0.3) is 21.4 Å². The van der Waals surface area contributed by atoms with E-state index >= 15 is 0 Å². The largest absolute Gasteiger partial charge is 0.258 e. The Labute approximate surface area is 107 Å². The number of aromatic amines is 1. The first-order chi connectivity index (χ1) is 8.36. The van der Waals surface area contributed by atoms with Gasteiger partial charge in [-0.15, -0.1) is 22.7 Å². The van der Waals surface area contributed by atoms with Crippen LogP contribution in [-0.2, 0) is 6.42 Å². The van der Waals surface area contributed by atoms with Gasteiger partial charge in [0.25, 0.3) is 0 Å². The highest BCUT2D eigenvalue weighted by Crippen LogP contribution is 2.28. The second-order valence-electron chi connectivity index (χ2n) is 3.60. The van der Waals surface area contributed by atoms with Crippen molar-refractivity contribution in [3.8, 4) is 21.4 Å². The summed E-state index contributed by atoms with van der Waals surface area (Å²) < 4.78 is 0. The van der Waals surface area contributed by atoms with Crippen LogP contribution in [0.15, 0.2) is 29.6 Å². The van der Waals surface area contributed by atoms with Crippen LogP contribution in [0, 0.1) is 0 Å². The van der Waals surface area contributed by atoms with Gasteiger partial charge >= 0.3 is 0 Å². The van der Waals surface area contributed by atoms with Gasteiger partial charge in [0.15, 0.2) is 11.6 Å². The van der Waals surface area contributed by atoms with Crippen molar-refractivity contribution in [2.45, 2.75) is 13.3 Å². The summed E-state index contributed by atoms with van der Waals surface area (Å²) in [6, 6.07) is 8.29. The SMILES string of the molecule is CCc1ccc(-c2n[nH]c(-c3cccs3)n2)s1. The average Bonchev–Trinajstić information content (AvgIpc) is 3.09. The zero-order valence-electron chi connectivity index (χ0n) is 9.30. The normalized spacial score (nSPS) is 10.9. The zero-order valence-corrected chi connectivity index (χ0v) is 10.9. The average molecular weight is 261 g/mol. The molecular formula is C12H11N3S2. The van der Waals surface area contributed by atoms with Gasteiger partial charge in [0.2, 0.25) is 0 Å². The Morgan fingerprint density at radius 2 is 2.18 bits per heavy atom. The molecule has 3 aromatic heterocycles. The Morgan fingerprint density at radius 1 is 1.24 bits per heavy atom. The quantitative estimate of drug-likeness (QED) is 0.778. The molecule has 1 N–H and O–H groups in total. The Bertz CT molecular complexity index is 607. The lowest BCUT2D eigenvalue weighted by atomic mass is 10.3. The number of aryl methyl sites for hydroxylation is 1. The Morgan fingerprint density at radius 3 is 2.88 bits per heavy atom. The number of thiophene rings is 2. The highest BCUT2D eigenvalue weighted by Gasteiger charge is 2.10. The molecule has 0 radical (unpaired) electrons. The van der Waals surface area contributed by atoms with Crippen LogP contribution in [0.5, 0.6) is 0 Å². The van der Waals surface area contributed by atoms with E-state index in [9.17, 15) is 0 Å². The van der Waals surface area contributed by atoms with E-state index in [1.165, 1.54) is 4.88 Å². The predicted octanol–water partition coefficient (Wildman–Crippen LogP) is 3.82. The molecule has 3 rings (SSSR count). The molecule has 5 heteroatoms. The van der Waals surface area contributed by atoms with Crippen molar-refractivity contribution < 1.29 is 0 Å². The molecule has 0 saturated heterocycles. The first-order valence-corrected chi connectivity index (χ1v) is 7.12. The molecule has 0 atom stereocenters. The molecular weight excluding hydrogens is 250 g/mol. The van der Waals surface area contributed by atoms with E-state index in [1.54, 1.807) is 22.7 Å². The van der Waals surface area contributed by atoms with Crippen molar-refractivity contribution in [2.75, 3.05) is 0 Å². The van der Waals surface area contributed by atoms with Crippen molar-refractivity contribution in [3.05, 3.63) is 34.5 Å². The lowest BCUT2D eigenvalue weighted by Crippen LogP contribution is -1.74. The molecule has 86 valence electrons. The first-order valence-electron chi connectivity index (χ1n) is 5.42. The molecule has 0 spiro atoms. The van der Waals surface area contributed by atoms with Gasteiger partial charge in [0.05, 0.1) is 9.75 Å². The van der Waals surface area contributed by atoms with E-state index in [1.807, 2.05) is 17.5 Å². The van der Waals surface area contributed by atoms with Crippen LogP contribution in [0.1, 0.15) is 11.8 Å². The number of hydrogen-bond acceptors (Lipinski definition) is 4. The highest BCUT2D eigenvalue weighted by atomic mass is 32.1. The topological polar surface area (TPSA) is 41.6 Å². The second-order valence-corrected chi connectivity index (χ2v) is 5.72. The van der Waals surface area contributed by atoms with Gasteiger partial charge in [-0.3, -0.25) is 5.10 Å². The lowest BCUT2D eigenvalue weighted by molar-refractivity contribution is 1.11. The Kier molecular flexibility index (Phi) is 2.78. The van der Waals surface area contributed by atoms with E-state index < -0.39 is 0 Å². The summed E-state index contributed by atoms with van der Waals surface area (Å²) in [5.74, 6) is 1.64. The Hall–Kier alpha value is -1.46. The third-order valence-electron chi connectivity index (χ3n) is 2.47. The fraction of sp³-hybridized carbons (Fsp3) is 0.167. The van der Waals surface area contributed by atoms with E-state index in [0.717, 1.165) is 27.8 Å². The van der Waals surface area contributed by atoms with Crippen molar-refractivity contribution in [1.82, 2.24) is 15.2 Å². The summed E-state index contributed by atoms with van der Waals surface area (Å²) in [4.78, 5) is 8.14. The lowest BCUT2D eigenvalue weighted by Gasteiger charge is -1.87. The van der Waals surface area contributed by atoms with E-state index in [-0.39, 0.29) is 0 Å². The van der Waals surface area contributed by atoms with Crippen LogP contribution in [0.4, 0.5) is 0 Å². The second kappa shape index (κ2) is 4.43. The van der Waals surface area contributed by atoms with Gasteiger partial charge in [0.1, 0.15) is 0 Å². The van der Waals surface area contributed by atoms with Crippen LogP contribution in [0.2, 0.25) is 0 Å². The van der Waals surface area contributed by atoms with Gasteiger partial charge < -0.3 is 0 Å². The standard InChI is InChI=1S/C12H11N3S2/c1-2-8-5-6-10(17-8)12-13-11(14-15-12)9-4-3-7-16-9/h3-7H,2H2,1H3,(H,13,14,15). The van der Waals surface area contributed by atoms with E-state index in [4.69, 9.17) is 0 Å². The van der Waals surface area contributed by atoms with Crippen molar-refractivity contribution in [1.29, 1.82) is 0 Å². The van der Waals surface area contributed by atoms with Gasteiger partial charge in [-0.05, 0) is 30.0 Å². The third-order valence-corrected chi connectivity index (χ3v) is 4.57. The molecule has 0 fully saturated rings. The first kappa shape index (κ1) is 10.7. The van der Waals surface area contributed by atoms with E-state index in [0.29, 0.717) is 0 Å². The van der Waals surface area contributed by atoms with Gasteiger partial charge in [-0.1, -0.05) is 13.0 Å². The molecule has 0 bridgehead atoms. The highest BCUT2D eigenvalue weighted by molar-refractivity contribution is 7.15. The smallest absolute Gasteiger partial charge is 0.191 e. The van der Waals surface area contributed by atoms with Crippen molar-refractivity contribution in [2.24, 2.45) is 0 Å². The maximum atomic E-state index is 4.52. The zero-order chi connectivity index (χ0) is 11.7. The fourth-order valence-electron chi connectivity index (χ4n) is 1.58. The number of aromatic nitrogens is 3. The Balaban J connectivity index is 1.94. The summed E-state index contributed by atoms with van der Waals surface area (Å²) in [6.07, 6.45) is 1.06. The minimum Gasteiger partial charge on any atom is -0.258 e. The summed E-state index contributed by atoms with van der Waals surface area (Å²) >= 11 is 3.42. The molecule has 0 aliphatic rings. The molecule has 3 aromatic rings. The summed E-state index contributed by atoms with van der Waals surface area (Å²) in [5, 5.41) is 9.30. The number of nitrogens with zero attached hydrogens (tertiary/aromatic N) is 2. The summed E-state index contributed by atoms with van der Waals surface area (Å²) in [7, 11) is 0. The van der Waals surface area contributed by atoms with Crippen LogP contribution >= 0.6 is 22.7 Å². The molecule has 0 aromatic carbocycles. The summed E-state index contributed by atoms with van der Waals surface area (Å²) in [5.41, 5.74) is 0. The van der Waals surface area contributed by atoms with Crippen LogP contribution in [0.3, 0.4) is 0 Å². The number of H-pyrrole nitrogens is 1. The van der Waals surface area contributed by atoms with Crippen molar-refractivity contribution >= 4 is 22.7 Å². The van der Waals surface area contributed by atoms with E-state index in [2.05, 4.69) is 34.2 Å². The molecule has 0 saturated carbocycles. The molecule has 0 aliphatic carbocycles. The summed E-state index contributed by atoms with van der Waals surface area (Å²) in [6.45, 7) is 2.16. The molecule has 0 unspecified atom stereocenters. The molecule has 0 amide bonds. The number of nitrogens with one attached hydrogen (secondary N) is 1. The van der Waals surface area contributed by atoms with Gasteiger partial charge in [-0.25, -0.2) is 4.98 Å². The van der Waals surface area contributed by atoms with Gasteiger partial charge in [0, 0.05) is 4.88 Å². The van der Waals surface area contributed by atoms with Gasteiger partial charge in [-0.2, -0.15) is 5.10 Å². The minimum atomic E-state index is 0.790. The molecule has 3 heterocycles. The monoisotopic (exact) mass is 261 g/mol. The number of hydrogen-bond donors (Lipinski definition) is 1. The van der Waals surface area contributed by atoms with Crippen molar-refractivity contribution in [3.63, 3.8) is 0 Å². The minimum absolute atomic E-state index is 0.790.